The zero-order chi connectivity index (χ0) is 13.8. The first-order chi connectivity index (χ1) is 8.65. The lowest BCUT2D eigenvalue weighted by molar-refractivity contribution is -0.144. The second-order valence-electron chi connectivity index (χ2n) is 3.49. The molecule has 0 aliphatic carbocycles. The molecule has 0 fully saturated rings. The van der Waals surface area contributed by atoms with Crippen molar-refractivity contribution >= 4 is 14.9 Å². The number of hydrogen-bond donors (Lipinski definition) is 1. The van der Waals surface area contributed by atoms with Crippen LogP contribution in [0.4, 0.5) is 0 Å². The number of rotatable bonds is 9. The predicted molar refractivity (Wildman–Crippen MR) is 76.6 cm³/mol. The van der Waals surface area contributed by atoms with Crippen LogP contribution in [0.1, 0.15) is 20.8 Å². The third-order valence-corrected chi connectivity index (χ3v) is 2.78. The third kappa shape index (κ3) is 8.18. The van der Waals surface area contributed by atoms with E-state index in [1.165, 1.54) is 0 Å². The molecule has 0 aliphatic heterocycles. The van der Waals surface area contributed by atoms with Gasteiger partial charge in [-0.1, -0.05) is 30.9 Å². The highest BCUT2D eigenvalue weighted by atomic mass is 31.1. The van der Waals surface area contributed by atoms with Crippen molar-refractivity contribution in [2.75, 3.05) is 13.2 Å². The van der Waals surface area contributed by atoms with Gasteiger partial charge in [0.2, 0.25) is 0 Å². The minimum Gasteiger partial charge on any atom is -0.465 e. The van der Waals surface area contributed by atoms with Crippen molar-refractivity contribution in [3.8, 4) is 0 Å². The molecular weight excluding hydrogens is 249 g/mol. The molecule has 0 radical (unpaired) electrons. The molecule has 0 aromatic rings. The summed E-state index contributed by atoms with van der Waals surface area (Å²) < 4.78 is 10.3. The lowest BCUT2D eigenvalue weighted by Gasteiger charge is -2.12. The van der Waals surface area contributed by atoms with Crippen molar-refractivity contribution in [3.05, 3.63) is 36.5 Å². The van der Waals surface area contributed by atoms with Crippen molar-refractivity contribution in [2.45, 2.75) is 26.8 Å². The Kier molecular flexibility index (Phi) is 10.6. The number of esters is 1. The van der Waals surface area contributed by atoms with Gasteiger partial charge in [0.25, 0.3) is 0 Å². The molecule has 2 atom stereocenters. The van der Waals surface area contributed by atoms with E-state index in [0.717, 1.165) is 5.57 Å². The second-order valence-corrected chi connectivity index (χ2v) is 4.27. The fraction of sp³-hybridized carbons (Fsp3) is 0.462. The lowest BCUT2D eigenvalue weighted by Crippen LogP contribution is -2.30. The minimum atomic E-state index is -0.350. The van der Waals surface area contributed by atoms with Gasteiger partial charge in [0.15, 0.2) is 0 Å². The molecule has 102 valence electrons. The molecule has 1 N–H and O–H groups in total. The van der Waals surface area contributed by atoms with Gasteiger partial charge in [0, 0.05) is 0 Å². The minimum absolute atomic E-state index is 0.0516. The summed E-state index contributed by atoms with van der Waals surface area (Å²) >= 11 is 0. The van der Waals surface area contributed by atoms with E-state index in [1.807, 2.05) is 25.2 Å². The molecule has 0 spiro atoms. The monoisotopic (exact) mass is 271 g/mol. The Balaban J connectivity index is 3.87. The van der Waals surface area contributed by atoms with Gasteiger partial charge in [-0.25, -0.2) is 0 Å². The van der Waals surface area contributed by atoms with E-state index in [-0.39, 0.29) is 21.0 Å². The maximum atomic E-state index is 11.3. The van der Waals surface area contributed by atoms with E-state index in [0.29, 0.717) is 13.2 Å². The quantitative estimate of drug-likeness (QED) is 0.303. The summed E-state index contributed by atoms with van der Waals surface area (Å²) in [6, 6.07) is -0.350. The van der Waals surface area contributed by atoms with Gasteiger partial charge < -0.3 is 9.26 Å². The highest BCUT2D eigenvalue weighted by Gasteiger charge is 2.12. The molecule has 0 amide bonds. The first-order valence-electron chi connectivity index (χ1n) is 5.88. The third-order valence-electron chi connectivity index (χ3n) is 1.94. The molecule has 0 aromatic carbocycles. The topological polar surface area (TPSA) is 47.6 Å². The predicted octanol–water partition coefficient (Wildman–Crippen LogP) is 2.74. The Hall–Kier alpha value is -0.960. The van der Waals surface area contributed by atoms with Crippen LogP contribution in [0.3, 0.4) is 0 Å². The van der Waals surface area contributed by atoms with Crippen LogP contribution in [0.15, 0.2) is 36.5 Å². The van der Waals surface area contributed by atoms with E-state index in [4.69, 9.17) is 9.26 Å². The van der Waals surface area contributed by atoms with Gasteiger partial charge in [-0.2, -0.15) is 0 Å². The molecule has 2 unspecified atom stereocenters. The van der Waals surface area contributed by atoms with Crippen molar-refractivity contribution in [1.82, 2.24) is 5.09 Å². The van der Waals surface area contributed by atoms with E-state index < -0.39 is 0 Å². The number of carbonyl (C=O) groups excluding carboxylic acids is 1. The van der Waals surface area contributed by atoms with E-state index in [9.17, 15) is 4.79 Å². The highest BCUT2D eigenvalue weighted by Crippen LogP contribution is 2.11. The maximum absolute atomic E-state index is 11.3. The standard InChI is InChI=1S/C13H22NO3P/c1-5-8-12(9-6-2)10-17-18-14-11(4)13(15)16-7-3/h5-6,8-9,11,14,18H,1,7,10H2,2-4H3/b9-6-,12-8+. The molecule has 0 bridgehead atoms. The normalized spacial score (nSPS) is 14.3. The van der Waals surface area contributed by atoms with Crippen molar-refractivity contribution < 1.29 is 14.1 Å². The second kappa shape index (κ2) is 11.1. The van der Waals surface area contributed by atoms with Crippen molar-refractivity contribution in [3.63, 3.8) is 0 Å². The van der Waals surface area contributed by atoms with Crippen molar-refractivity contribution in [2.24, 2.45) is 0 Å². The summed E-state index contributed by atoms with van der Waals surface area (Å²) in [4.78, 5) is 11.3. The molecule has 0 heterocycles. The summed E-state index contributed by atoms with van der Waals surface area (Å²) in [5.41, 5.74) is 1.03. The Morgan fingerprint density at radius 3 is 2.83 bits per heavy atom. The maximum Gasteiger partial charge on any atom is 0.323 e. The largest absolute Gasteiger partial charge is 0.465 e. The lowest BCUT2D eigenvalue weighted by atomic mass is 10.2. The molecule has 18 heavy (non-hydrogen) atoms. The molecule has 0 rings (SSSR count). The number of nitrogens with one attached hydrogen (secondary N) is 1. The first-order valence-corrected chi connectivity index (χ1v) is 6.79. The number of hydrogen-bond acceptors (Lipinski definition) is 4. The first kappa shape index (κ1) is 17.0. The van der Waals surface area contributed by atoms with Gasteiger partial charge in [0.1, 0.15) is 6.04 Å². The van der Waals surface area contributed by atoms with Crippen LogP contribution in [0.2, 0.25) is 0 Å². The van der Waals surface area contributed by atoms with E-state index in [1.54, 1.807) is 19.9 Å². The van der Waals surface area contributed by atoms with Gasteiger partial charge >= 0.3 is 5.97 Å². The molecule has 0 aromatic heterocycles. The van der Waals surface area contributed by atoms with Crippen LogP contribution in [0, 0.1) is 0 Å². The Bertz CT molecular complexity index is 313. The summed E-state index contributed by atoms with van der Waals surface area (Å²) in [6.45, 7) is 10.00. The Morgan fingerprint density at radius 1 is 1.56 bits per heavy atom. The van der Waals surface area contributed by atoms with Crippen LogP contribution in [0.5, 0.6) is 0 Å². The summed E-state index contributed by atoms with van der Waals surface area (Å²) in [5.74, 6) is -0.260. The van der Waals surface area contributed by atoms with E-state index >= 15 is 0 Å². The van der Waals surface area contributed by atoms with Gasteiger partial charge in [-0.15, -0.1) is 0 Å². The number of carbonyl (C=O) groups is 1. The SMILES string of the molecule is C=C/C=C(\C=C/C)COPNC(C)C(=O)OCC. The van der Waals surface area contributed by atoms with Gasteiger partial charge in [-0.3, -0.25) is 9.88 Å². The van der Waals surface area contributed by atoms with Crippen LogP contribution < -0.4 is 5.09 Å². The number of allylic oxidation sites excluding steroid dienone is 3. The molecule has 5 heteroatoms. The Morgan fingerprint density at radius 2 is 2.28 bits per heavy atom. The van der Waals surface area contributed by atoms with E-state index in [2.05, 4.69) is 11.7 Å². The summed E-state index contributed by atoms with van der Waals surface area (Å²) in [5, 5.41) is 2.96. The highest BCUT2D eigenvalue weighted by molar-refractivity contribution is 7.29. The van der Waals surface area contributed by atoms with Crippen LogP contribution >= 0.6 is 8.96 Å². The van der Waals surface area contributed by atoms with Gasteiger partial charge in [0.05, 0.1) is 22.2 Å². The zero-order valence-electron chi connectivity index (χ0n) is 11.2. The molecular formula is C13H22NO3P. The van der Waals surface area contributed by atoms with Crippen molar-refractivity contribution in [1.29, 1.82) is 0 Å². The average Bonchev–Trinajstić information content (AvgIpc) is 2.35. The fourth-order valence-electron chi connectivity index (χ4n) is 1.09. The smallest absolute Gasteiger partial charge is 0.323 e. The summed E-state index contributed by atoms with van der Waals surface area (Å²) in [6.07, 6.45) is 7.51. The van der Waals surface area contributed by atoms with Crippen LogP contribution in [0.25, 0.3) is 0 Å². The number of ether oxygens (including phenoxy) is 1. The average molecular weight is 271 g/mol. The Labute approximate surface area is 111 Å². The zero-order valence-corrected chi connectivity index (χ0v) is 12.2. The van der Waals surface area contributed by atoms with Crippen LogP contribution in [-0.4, -0.2) is 25.2 Å². The van der Waals surface area contributed by atoms with Gasteiger partial charge in [-0.05, 0) is 26.3 Å². The molecule has 4 nitrogen and oxygen atoms in total. The fourth-order valence-corrected chi connectivity index (χ4v) is 1.71. The van der Waals surface area contributed by atoms with Crippen LogP contribution in [-0.2, 0) is 14.1 Å². The molecule has 0 saturated heterocycles. The molecule has 0 aliphatic rings. The summed E-state index contributed by atoms with van der Waals surface area (Å²) in [7, 11) is 0.0516. The molecule has 0 saturated carbocycles.